The summed E-state index contributed by atoms with van der Waals surface area (Å²) < 4.78 is 16.6. The van der Waals surface area contributed by atoms with Crippen LogP contribution < -0.4 is 10.6 Å². The molecule has 3 heterocycles. The van der Waals surface area contributed by atoms with Crippen molar-refractivity contribution in [1.29, 1.82) is 0 Å². The van der Waals surface area contributed by atoms with Crippen LogP contribution in [-0.2, 0) is 17.8 Å². The topological polar surface area (TPSA) is 118 Å². The second-order valence-electron chi connectivity index (χ2n) is 8.33. The van der Waals surface area contributed by atoms with E-state index in [2.05, 4.69) is 30.9 Å². The molecule has 3 aromatic heterocycles. The lowest BCUT2D eigenvalue weighted by Gasteiger charge is -2.19. The molecule has 0 radical (unpaired) electrons. The van der Waals surface area contributed by atoms with Crippen molar-refractivity contribution in [3.63, 3.8) is 0 Å². The van der Waals surface area contributed by atoms with Gasteiger partial charge in [0, 0.05) is 28.8 Å². The van der Waals surface area contributed by atoms with Crippen molar-refractivity contribution in [2.75, 3.05) is 17.3 Å². The van der Waals surface area contributed by atoms with Crippen molar-refractivity contribution < 1.29 is 14.0 Å². The van der Waals surface area contributed by atoms with Crippen LogP contribution in [0.1, 0.15) is 48.1 Å². The van der Waals surface area contributed by atoms with Crippen molar-refractivity contribution in [3.05, 3.63) is 47.4 Å². The smallest absolute Gasteiger partial charge is 0.270 e. The maximum atomic E-state index is 15.0. The molecular weight excluding hydrogens is 540 g/mol. The normalized spacial score (nSPS) is 12.1. The summed E-state index contributed by atoms with van der Waals surface area (Å²) >= 11 is 13.3. The number of halogens is 3. The van der Waals surface area contributed by atoms with E-state index in [9.17, 15) is 14.0 Å². The number of thioether (sulfide) groups is 1. The average molecular weight is 571 g/mol. The summed E-state index contributed by atoms with van der Waals surface area (Å²) in [5.41, 5.74) is 2.75. The molecule has 13 heteroatoms. The lowest BCUT2D eigenvalue weighted by atomic mass is 10.0. The fourth-order valence-electron chi connectivity index (χ4n) is 3.86. The van der Waals surface area contributed by atoms with E-state index >= 15 is 0 Å². The Morgan fingerprint density at radius 1 is 1.24 bits per heavy atom. The second kappa shape index (κ2) is 13.8. The molecule has 0 unspecified atom stereocenters. The first-order valence-corrected chi connectivity index (χ1v) is 14.1. The van der Waals surface area contributed by atoms with E-state index in [1.807, 2.05) is 20.1 Å². The highest BCUT2D eigenvalue weighted by Crippen LogP contribution is 2.28. The number of carbonyl (C=O) groups is 2. The number of nitrogens with one attached hydrogen (secondary N) is 3. The van der Waals surface area contributed by atoms with Gasteiger partial charge in [-0.15, -0.1) is 23.2 Å². The standard InChI is InChI=1S/C24H30Cl2FN7O2S/c1-4-16-21(14(2)32-33-16)15-8-9-20(30-22(15)27)31-23(35)17(6-5-7-19(25)26)29-24(36)18-10-11-28-34(18)12-13-37-3/h8-11,17,19H,4-7,12-13H2,1-3H3,(H,29,36)(H,32,33)(H,30,31,35)/t17-/m0/s1. The van der Waals surface area contributed by atoms with Crippen molar-refractivity contribution in [2.24, 2.45) is 0 Å². The number of anilines is 1. The number of carbonyl (C=O) groups excluding carboxylic acids is 2. The number of amides is 2. The Bertz CT molecular complexity index is 1220. The van der Waals surface area contributed by atoms with Gasteiger partial charge in [-0.25, -0.2) is 4.98 Å². The summed E-state index contributed by atoms with van der Waals surface area (Å²) in [6.45, 7) is 4.29. The Kier molecular flexibility index (Phi) is 10.8. The molecule has 3 aromatic rings. The molecule has 0 aliphatic rings. The van der Waals surface area contributed by atoms with Crippen LogP contribution in [0.25, 0.3) is 11.1 Å². The second-order valence-corrected chi connectivity index (χ2v) is 10.6. The van der Waals surface area contributed by atoms with Gasteiger partial charge in [-0.05, 0) is 57.1 Å². The van der Waals surface area contributed by atoms with Gasteiger partial charge in [0.25, 0.3) is 5.91 Å². The van der Waals surface area contributed by atoms with E-state index in [-0.39, 0.29) is 12.2 Å². The van der Waals surface area contributed by atoms with Gasteiger partial charge < -0.3 is 10.6 Å². The lowest BCUT2D eigenvalue weighted by Crippen LogP contribution is -2.44. The molecule has 0 aliphatic heterocycles. The van der Waals surface area contributed by atoms with Crippen molar-refractivity contribution >= 4 is 52.6 Å². The van der Waals surface area contributed by atoms with Crippen LogP contribution >= 0.6 is 35.0 Å². The number of hydrogen-bond donors (Lipinski definition) is 3. The molecule has 9 nitrogen and oxygen atoms in total. The van der Waals surface area contributed by atoms with Crippen LogP contribution in [0.15, 0.2) is 24.4 Å². The van der Waals surface area contributed by atoms with Gasteiger partial charge in [-0.3, -0.25) is 19.4 Å². The van der Waals surface area contributed by atoms with Gasteiger partial charge in [0.2, 0.25) is 11.9 Å². The maximum Gasteiger partial charge on any atom is 0.270 e. The molecule has 200 valence electrons. The quantitative estimate of drug-likeness (QED) is 0.202. The van der Waals surface area contributed by atoms with Gasteiger partial charge in [-0.1, -0.05) is 6.92 Å². The molecule has 0 fully saturated rings. The van der Waals surface area contributed by atoms with Gasteiger partial charge in [0.15, 0.2) is 0 Å². The number of rotatable bonds is 13. The molecule has 3 rings (SSSR count). The Hall–Kier alpha value is -2.63. The summed E-state index contributed by atoms with van der Waals surface area (Å²) in [7, 11) is 0. The molecule has 37 heavy (non-hydrogen) atoms. The molecule has 0 aromatic carbocycles. The molecule has 0 saturated carbocycles. The van der Waals surface area contributed by atoms with Crippen LogP contribution in [0.5, 0.6) is 0 Å². The number of aromatic nitrogens is 5. The molecule has 0 bridgehead atoms. The highest BCUT2D eigenvalue weighted by Gasteiger charge is 2.24. The van der Waals surface area contributed by atoms with E-state index in [0.717, 1.165) is 17.1 Å². The van der Waals surface area contributed by atoms with Gasteiger partial charge >= 0.3 is 0 Å². The first-order chi connectivity index (χ1) is 17.7. The summed E-state index contributed by atoms with van der Waals surface area (Å²) in [6, 6.07) is 3.75. The zero-order valence-corrected chi connectivity index (χ0v) is 23.2. The average Bonchev–Trinajstić information content (AvgIpc) is 3.48. The fourth-order valence-corrected chi connectivity index (χ4v) is 4.52. The fraction of sp³-hybridized carbons (Fsp3) is 0.458. The van der Waals surface area contributed by atoms with E-state index in [0.29, 0.717) is 42.6 Å². The maximum absolute atomic E-state index is 15.0. The highest BCUT2D eigenvalue weighted by molar-refractivity contribution is 7.98. The Morgan fingerprint density at radius 3 is 2.70 bits per heavy atom. The molecule has 0 aliphatic carbocycles. The zero-order chi connectivity index (χ0) is 26.9. The van der Waals surface area contributed by atoms with Crippen LogP contribution in [0.2, 0.25) is 0 Å². The number of H-pyrrole nitrogens is 1. The number of alkyl halides is 2. The largest absolute Gasteiger partial charge is 0.339 e. The van der Waals surface area contributed by atoms with Crippen molar-refractivity contribution in [2.45, 2.75) is 57.0 Å². The number of hydrogen-bond acceptors (Lipinski definition) is 6. The molecular formula is C24H30Cl2FN7O2S. The predicted molar refractivity (Wildman–Crippen MR) is 146 cm³/mol. The number of aromatic amines is 1. The first kappa shape index (κ1) is 28.9. The van der Waals surface area contributed by atoms with E-state index in [1.165, 1.54) is 12.3 Å². The van der Waals surface area contributed by atoms with Crippen molar-refractivity contribution in [3.8, 4) is 11.1 Å². The Balaban J connectivity index is 1.76. The number of pyridine rings is 1. The molecule has 0 saturated heterocycles. The van der Waals surface area contributed by atoms with E-state index < -0.39 is 28.6 Å². The SMILES string of the molecule is CCc1n[nH]c(C)c1-c1ccc(NC(=O)[C@H](CCCC(Cl)Cl)NC(=O)c2ccnn2CCSC)nc1F. The van der Waals surface area contributed by atoms with Gasteiger partial charge in [0.05, 0.1) is 12.2 Å². The third-order valence-electron chi connectivity index (χ3n) is 5.72. The van der Waals surface area contributed by atoms with E-state index in [4.69, 9.17) is 23.2 Å². The zero-order valence-electron chi connectivity index (χ0n) is 20.9. The van der Waals surface area contributed by atoms with Crippen LogP contribution in [0.4, 0.5) is 10.2 Å². The van der Waals surface area contributed by atoms with Crippen LogP contribution in [0.3, 0.4) is 0 Å². The van der Waals surface area contributed by atoms with Crippen LogP contribution in [-0.4, -0.2) is 59.7 Å². The lowest BCUT2D eigenvalue weighted by molar-refractivity contribution is -0.118. The number of aryl methyl sites for hydroxylation is 3. The van der Waals surface area contributed by atoms with Gasteiger partial charge in [0.1, 0.15) is 22.4 Å². The Morgan fingerprint density at radius 2 is 2.03 bits per heavy atom. The van der Waals surface area contributed by atoms with E-state index in [1.54, 1.807) is 28.6 Å². The first-order valence-electron chi connectivity index (χ1n) is 11.9. The molecule has 3 N–H and O–H groups in total. The molecule has 2 amide bonds. The molecule has 0 spiro atoms. The molecule has 1 atom stereocenters. The monoisotopic (exact) mass is 569 g/mol. The third kappa shape index (κ3) is 7.68. The summed E-state index contributed by atoms with van der Waals surface area (Å²) in [6.07, 6.45) is 5.34. The third-order valence-corrected chi connectivity index (χ3v) is 6.75. The summed E-state index contributed by atoms with van der Waals surface area (Å²) in [5.74, 6) is -0.893. The summed E-state index contributed by atoms with van der Waals surface area (Å²) in [5, 5.41) is 16.6. The predicted octanol–water partition coefficient (Wildman–Crippen LogP) is 4.75. The van der Waals surface area contributed by atoms with Crippen LogP contribution in [0, 0.1) is 12.9 Å². The summed E-state index contributed by atoms with van der Waals surface area (Å²) in [4.78, 5) is 29.5. The number of nitrogens with zero attached hydrogens (tertiary/aromatic N) is 4. The Labute approximate surface area is 229 Å². The van der Waals surface area contributed by atoms with Crippen molar-refractivity contribution in [1.82, 2.24) is 30.3 Å². The van der Waals surface area contributed by atoms with Gasteiger partial charge in [-0.2, -0.15) is 26.3 Å². The minimum atomic E-state index is -0.921. The minimum absolute atomic E-state index is 0.0299. The highest BCUT2D eigenvalue weighted by atomic mass is 35.5. The minimum Gasteiger partial charge on any atom is -0.339 e.